The van der Waals surface area contributed by atoms with Gasteiger partial charge >= 0.3 is 5.97 Å². The molecule has 6 aliphatic rings. The molecule has 12 heteroatoms. The van der Waals surface area contributed by atoms with E-state index in [1.165, 1.54) is 81.5 Å². The predicted octanol–water partition coefficient (Wildman–Crippen LogP) is 8.91. The van der Waals surface area contributed by atoms with E-state index < -0.39 is 11.9 Å². The zero-order chi connectivity index (χ0) is 31.9. The first-order valence-electron chi connectivity index (χ1n) is 16.1. The smallest absolute Gasteiger partial charge is 0.331 e. The molecule has 7 nitrogen and oxygen atoms in total. The number of aliphatic carboxylic acids is 1. The Bertz CT molecular complexity index is 1700. The zero-order valence-electron chi connectivity index (χ0n) is 25.3. The molecular formula is C34H35Cl3N4O3S2. The summed E-state index contributed by atoms with van der Waals surface area (Å²) < 4.78 is 0. The Morgan fingerprint density at radius 3 is 2.33 bits per heavy atom. The van der Waals surface area contributed by atoms with Crippen LogP contribution in [0.1, 0.15) is 61.4 Å². The second-order valence-electron chi connectivity index (χ2n) is 13.9. The summed E-state index contributed by atoms with van der Waals surface area (Å²) in [5.74, 6) is 2.89. The van der Waals surface area contributed by atoms with Gasteiger partial charge in [0.1, 0.15) is 10.7 Å². The maximum absolute atomic E-state index is 13.4. The number of hydrogen-bond donors (Lipinski definition) is 2. The van der Waals surface area contributed by atoms with E-state index in [1.807, 2.05) is 11.4 Å². The molecule has 9 rings (SSSR count). The third-order valence-electron chi connectivity index (χ3n) is 11.1. The Kier molecular flexibility index (Phi) is 8.18. The largest absolute Gasteiger partial charge is 0.478 e. The Hall–Kier alpha value is -2.14. The monoisotopic (exact) mass is 716 g/mol. The summed E-state index contributed by atoms with van der Waals surface area (Å²) in [7, 11) is 0. The summed E-state index contributed by atoms with van der Waals surface area (Å²) in [6.07, 6.45) is 9.88. The molecule has 46 heavy (non-hydrogen) atoms. The van der Waals surface area contributed by atoms with Crippen molar-refractivity contribution in [1.29, 1.82) is 0 Å². The van der Waals surface area contributed by atoms with Gasteiger partial charge in [0.05, 0.1) is 19.9 Å². The number of carboxylic acids is 1. The lowest BCUT2D eigenvalue weighted by Gasteiger charge is -2.57. The maximum Gasteiger partial charge on any atom is 0.331 e. The molecule has 2 aromatic heterocycles. The third kappa shape index (κ3) is 5.59. The third-order valence-corrected chi connectivity index (χ3v) is 14.0. The minimum Gasteiger partial charge on any atom is -0.478 e. The van der Waals surface area contributed by atoms with Crippen molar-refractivity contribution in [2.75, 3.05) is 29.9 Å². The first kappa shape index (κ1) is 31.1. The van der Waals surface area contributed by atoms with E-state index in [1.54, 1.807) is 11.3 Å². The molecule has 0 unspecified atom stereocenters. The van der Waals surface area contributed by atoms with Crippen molar-refractivity contribution in [2.24, 2.45) is 29.6 Å². The van der Waals surface area contributed by atoms with Crippen LogP contribution >= 0.6 is 57.5 Å². The standard InChI is InChI=1S/C34H35Cl3N4O3S2/c1-16(33(43)44)4-24-25(36)10-22(11-26(24)37)31(42)39-34-38-29(28-12-23(35)15-45-28)32(46-34)40-13-19-2-3-41(27(19)14-40)30-20-6-17-5-18(8-20)9-21(30)7-17/h4,10-12,15,17-21,27,30H,2-3,5-9,13-14H2,1H3,(H,43,44)(H,38,39,42)/b16-4+/t17-,18+,19-,20-,21+,27+,30?/m1/s1. The van der Waals surface area contributed by atoms with Gasteiger partial charge in [0, 0.05) is 47.3 Å². The van der Waals surface area contributed by atoms with Gasteiger partial charge < -0.3 is 10.0 Å². The van der Waals surface area contributed by atoms with Crippen LogP contribution in [0.4, 0.5) is 10.1 Å². The summed E-state index contributed by atoms with van der Waals surface area (Å²) in [5.41, 5.74) is 1.55. The van der Waals surface area contributed by atoms with Crippen LogP contribution in [0, 0.1) is 29.6 Å². The number of thiazole rings is 1. The van der Waals surface area contributed by atoms with Gasteiger partial charge in [-0.25, -0.2) is 9.78 Å². The van der Waals surface area contributed by atoms with Crippen molar-refractivity contribution < 1.29 is 14.7 Å². The highest BCUT2D eigenvalue weighted by Gasteiger charge is 2.54. The number of aromatic nitrogens is 1. The van der Waals surface area contributed by atoms with Crippen molar-refractivity contribution in [1.82, 2.24) is 9.88 Å². The number of rotatable bonds is 7. The number of fused-ring (bicyclic) bond motifs is 1. The quantitative estimate of drug-likeness (QED) is 0.238. The molecule has 0 radical (unpaired) electrons. The summed E-state index contributed by atoms with van der Waals surface area (Å²) in [4.78, 5) is 36.0. The van der Waals surface area contributed by atoms with Gasteiger partial charge in [-0.2, -0.15) is 0 Å². The summed E-state index contributed by atoms with van der Waals surface area (Å²) in [5, 5.41) is 16.8. The van der Waals surface area contributed by atoms with Crippen molar-refractivity contribution >= 4 is 85.6 Å². The average molecular weight is 718 g/mol. The first-order chi connectivity index (χ1) is 22.1. The Balaban J connectivity index is 1.04. The van der Waals surface area contributed by atoms with Crippen molar-refractivity contribution in [3.8, 4) is 10.6 Å². The molecule has 4 bridgehead atoms. The van der Waals surface area contributed by atoms with E-state index >= 15 is 0 Å². The van der Waals surface area contributed by atoms with Gasteiger partial charge in [-0.05, 0) is 106 Å². The van der Waals surface area contributed by atoms with Crippen molar-refractivity contribution in [3.63, 3.8) is 0 Å². The average Bonchev–Trinajstić information content (AvgIpc) is 3.79. The van der Waals surface area contributed by atoms with Crippen LogP contribution in [0.3, 0.4) is 0 Å². The van der Waals surface area contributed by atoms with Crippen molar-refractivity contribution in [2.45, 2.75) is 57.5 Å². The number of thiophene rings is 1. The topological polar surface area (TPSA) is 85.8 Å². The minimum absolute atomic E-state index is 0.0877. The maximum atomic E-state index is 13.4. The number of anilines is 2. The van der Waals surface area contributed by atoms with Gasteiger partial charge in [0.2, 0.25) is 0 Å². The number of halogens is 3. The first-order valence-corrected chi connectivity index (χ1v) is 18.9. The molecule has 3 aromatic rings. The Labute approximate surface area is 291 Å². The number of hydrogen-bond acceptors (Lipinski definition) is 7. The van der Waals surface area contributed by atoms with E-state index in [2.05, 4.69) is 15.1 Å². The second-order valence-corrected chi connectivity index (χ2v) is 17.1. The van der Waals surface area contributed by atoms with Gasteiger partial charge in [-0.3, -0.25) is 15.0 Å². The highest BCUT2D eigenvalue weighted by molar-refractivity contribution is 7.21. The van der Waals surface area contributed by atoms with E-state index in [0.717, 1.165) is 58.4 Å². The Morgan fingerprint density at radius 2 is 1.70 bits per heavy atom. The number of carbonyl (C=O) groups is 2. The second kappa shape index (κ2) is 12.1. The molecule has 4 heterocycles. The molecule has 1 amide bonds. The van der Waals surface area contributed by atoms with E-state index in [0.29, 0.717) is 27.7 Å². The molecule has 4 aliphatic carbocycles. The van der Waals surface area contributed by atoms with Crippen LogP contribution in [-0.4, -0.2) is 58.6 Å². The molecule has 2 saturated heterocycles. The van der Waals surface area contributed by atoms with Crippen LogP contribution in [0.5, 0.6) is 0 Å². The minimum atomic E-state index is -1.07. The fraction of sp³-hybridized carbons (Fsp3) is 0.500. The molecule has 2 N–H and O–H groups in total. The number of benzene rings is 1. The normalized spacial score (nSPS) is 30.3. The number of carboxylic acid groups (broad SMARTS) is 1. The van der Waals surface area contributed by atoms with E-state index in [9.17, 15) is 14.7 Å². The van der Waals surface area contributed by atoms with Crippen LogP contribution < -0.4 is 10.2 Å². The fourth-order valence-electron chi connectivity index (χ4n) is 9.45. The van der Waals surface area contributed by atoms with Crippen LogP contribution in [-0.2, 0) is 4.79 Å². The van der Waals surface area contributed by atoms with Crippen molar-refractivity contribution in [3.05, 3.63) is 55.3 Å². The summed E-state index contributed by atoms with van der Waals surface area (Å²) >= 11 is 22.3. The summed E-state index contributed by atoms with van der Waals surface area (Å²) in [6.45, 7) is 4.66. The SMILES string of the molecule is C/C(=C\c1c(Cl)cc(C(=O)Nc2nc(-c3cc(Cl)cs3)c(N3C[C@H]4CCN(C5[C@H]6C[C@@H]7C[C@@H](C[C@H]5C7)C6)[C@H]4C3)s2)cc1Cl)C(=O)O. The predicted molar refractivity (Wildman–Crippen MR) is 188 cm³/mol. The fourth-order valence-corrected chi connectivity index (χ4v) is 12.2. The number of amides is 1. The lowest BCUT2D eigenvalue weighted by molar-refractivity contribution is -0.132. The molecule has 1 aromatic carbocycles. The van der Waals surface area contributed by atoms with Gasteiger partial charge in [-0.1, -0.05) is 46.1 Å². The highest BCUT2D eigenvalue weighted by Crippen LogP contribution is 2.57. The van der Waals surface area contributed by atoms with Gasteiger partial charge in [-0.15, -0.1) is 11.3 Å². The molecule has 6 fully saturated rings. The van der Waals surface area contributed by atoms with E-state index in [4.69, 9.17) is 39.8 Å². The molecule has 2 aliphatic heterocycles. The number of nitrogens with one attached hydrogen (secondary N) is 1. The van der Waals surface area contributed by atoms with Gasteiger partial charge in [0.15, 0.2) is 5.13 Å². The lowest BCUT2D eigenvalue weighted by atomic mass is 9.54. The molecule has 0 spiro atoms. The molecule has 2 atom stereocenters. The zero-order valence-corrected chi connectivity index (χ0v) is 29.2. The summed E-state index contributed by atoms with van der Waals surface area (Å²) in [6, 6.07) is 6.25. The molecular weight excluding hydrogens is 683 g/mol. The van der Waals surface area contributed by atoms with Crippen LogP contribution in [0.2, 0.25) is 15.1 Å². The number of carbonyl (C=O) groups excluding carboxylic acids is 1. The lowest BCUT2D eigenvalue weighted by Crippen LogP contribution is -2.57. The molecule has 242 valence electrons. The van der Waals surface area contributed by atoms with E-state index in [-0.39, 0.29) is 21.2 Å². The van der Waals surface area contributed by atoms with Crippen LogP contribution in [0.15, 0.2) is 29.2 Å². The number of nitrogens with zero attached hydrogens (tertiary/aromatic N) is 3. The number of likely N-dealkylation sites (tertiary alicyclic amines) is 1. The van der Waals surface area contributed by atoms with Gasteiger partial charge in [0.25, 0.3) is 5.91 Å². The molecule has 4 saturated carbocycles. The van der Waals surface area contributed by atoms with Crippen LogP contribution in [0.25, 0.3) is 16.6 Å². The highest BCUT2D eigenvalue weighted by atomic mass is 35.5. The Morgan fingerprint density at radius 1 is 1.00 bits per heavy atom.